The molecule has 15 rings (SSSR count). The lowest BCUT2D eigenvalue weighted by molar-refractivity contribution is -0.312. The summed E-state index contributed by atoms with van der Waals surface area (Å²) in [5.41, 5.74) is 0.686. The smallest absolute Gasteiger partial charge is 0.335 e. The number of nitrogens with one attached hydrogen (secondary N) is 2. The molecule has 30 heteroatoms. The number of benzene rings is 1. The van der Waals surface area contributed by atoms with E-state index in [1.807, 2.05) is 78.2 Å². The van der Waals surface area contributed by atoms with E-state index in [9.17, 15) is 34.8 Å². The van der Waals surface area contributed by atoms with Crippen LogP contribution in [0.4, 0.5) is 0 Å². The maximum Gasteiger partial charge on any atom is 0.335 e. The molecule has 0 radical (unpaired) electrons. The normalized spacial score (nSPS) is 46.0. The van der Waals surface area contributed by atoms with Gasteiger partial charge >= 0.3 is 17.9 Å². The average Bonchev–Trinajstić information content (AvgIpc) is 1.56. The Morgan fingerprint density at radius 3 is 1.26 bits per heavy atom. The Bertz CT molecular complexity index is 4410. The molecule has 14 aliphatic rings. The predicted molar refractivity (Wildman–Crippen MR) is 497 cm³/mol. The van der Waals surface area contributed by atoms with E-state index in [1.54, 1.807) is 96.9 Å². The van der Waals surface area contributed by atoms with E-state index in [1.165, 1.54) is 0 Å². The molecule has 30 nitrogen and oxygen atoms in total. The molecule has 2 spiro atoms. The minimum atomic E-state index is -1.83. The van der Waals surface area contributed by atoms with Gasteiger partial charge in [0.1, 0.15) is 71.9 Å². The highest BCUT2D eigenvalue weighted by Crippen LogP contribution is 2.51. The van der Waals surface area contributed by atoms with Crippen LogP contribution >= 0.6 is 0 Å². The SMILES string of the molecule is CC[C@H](C)[C@H]1O[C@]2(C=C[C@@H]1C)C[C@@H]1C[C@@H](C/C=C(\C)[C@@H](O[C@H]3C[C@H](OC)[C@@H](O[C@H]4C[C@H](OC)[C@H](NC)[C@H](C)O4)[C@H](C)O3)[C@@H](C)/C=C/C=C3\CO[C@@H]4[C@H](O)C(C)=C[C@@H](C(=O)O1)[C@]34O)O2.CN[C@@H]1[C@H](C)O[C@@H](O[C@H]2[C@H](C)O[C@@H](O[C@@H]3/C(C)=C/C[C@@H]4C[C@@H](C[C@]5(C=C[C@H](C)[C@@H](C(C)C)O5)O4)OC(=O)[C@@H]4C=C(C)[C@@H](O)[C@H]5OC/C(=C\C=C\[C@@H]3C)[C@]54O)C[C@@H]2OC)C[C@@H]1OC.O=C(O)c1ccccc1. The quantitative estimate of drug-likeness (QED) is 0.0530. The first kappa shape index (κ1) is 105. The van der Waals surface area contributed by atoms with E-state index >= 15 is 0 Å². The fraction of sp³-hybridized carbons (Fsp3) is 0.721. The number of allylic oxidation sites excluding steroid dienone is 4. The van der Waals surface area contributed by atoms with Crippen molar-refractivity contribution >= 4 is 17.9 Å². The summed E-state index contributed by atoms with van der Waals surface area (Å²) in [6.45, 7) is 32.7. The third-order valence-corrected chi connectivity index (χ3v) is 30.2. The number of aromatic carboxylic acids is 1. The van der Waals surface area contributed by atoms with Gasteiger partial charge in [0.2, 0.25) is 0 Å². The second-order valence-corrected chi connectivity index (χ2v) is 40.1. The van der Waals surface area contributed by atoms with Crippen LogP contribution in [0.2, 0.25) is 0 Å². The molecule has 8 fully saturated rings. The second kappa shape index (κ2) is 45.8. The molecule has 134 heavy (non-hydrogen) atoms. The standard InChI is InChI=1S/C49H75NO13.C48H73NO13.C7H6O2/c1-12-26(2)44-29(5)18-19-48(63-44)24-35-21-34(62-48)17-16-28(4)43(27(3)14-13-15-33-25-56-46-42(51)30(6)20-36(47(52)59-35)49(33,46)53)60-40-23-38(55-11)45(32(8)58-40)61-39-22-37(54-10)41(50-9)31(7)57-39;1-25(2)42-28(5)17-18-47(62-42)23-34-20-33(61-47)16-15-27(4)43(26(3)13-12-14-32-24-55-45-41(50)29(6)19-35(46(51)58-34)48(32,45)52)59-39-22-37(54-11)44(31(8)57-39)60-38-21-36(53-10)40(49-9)30(7)56-38;8-7(9)6-4-2-1-3-5-6/h13-16,18-20,26-27,29,31-32,34-46,50-51,53H,12,17,21-25H2,1-11H3;12-15,17-19,25-26,28,30-31,33-45,49-50,52H,16,20-24H2,1-11H3;1-5H,(H,8,9)/b14-13+,28-16+,33-15+;13-12+,27-15+,32-14+;/t26-,27-,29-,31-,32-,34+,35-,36-,37-,38-,39-,40-,41+,42+,43-,44+,45-,46+,48+,49+;26-,28-,30-,31-,33+,34-,35-,36-,37-,38-,39-,40+,41+,42+,43-,44-,45+,47+,48+;/m00./s1. The third kappa shape index (κ3) is 23.4. The monoisotopic (exact) mass is 1880 g/mol. The number of aliphatic hydroxyl groups is 4. The Labute approximate surface area is 792 Å². The zero-order valence-corrected chi connectivity index (χ0v) is 82.6. The number of methoxy groups -OCH3 is 4. The minimum absolute atomic E-state index is 0.0407. The zero-order valence-electron chi connectivity index (χ0n) is 82.6. The molecule has 0 saturated carbocycles. The van der Waals surface area contributed by atoms with Crippen LogP contribution in [-0.4, -0.2) is 293 Å². The summed E-state index contributed by atoms with van der Waals surface area (Å²) in [5, 5.41) is 62.5. The first-order chi connectivity index (χ1) is 63.8. The van der Waals surface area contributed by atoms with Crippen molar-refractivity contribution in [2.24, 2.45) is 47.3 Å². The highest BCUT2D eigenvalue weighted by atomic mass is 16.8. The summed E-state index contributed by atoms with van der Waals surface area (Å²) < 4.78 is 129. The number of likely N-dealkylation sites (N-methyl/N-ethyl adjacent to an activating group) is 2. The number of rotatable bonds is 18. The number of esters is 2. The number of carbonyl (C=O) groups excluding carboxylic acids is 2. The van der Waals surface area contributed by atoms with Gasteiger partial charge in [-0.2, -0.15) is 0 Å². The molecule has 39 atom stereocenters. The van der Waals surface area contributed by atoms with E-state index in [0.29, 0.717) is 92.1 Å². The van der Waals surface area contributed by atoms with E-state index in [4.69, 9.17) is 99.8 Å². The number of ether oxygens (including phenoxy) is 20. The van der Waals surface area contributed by atoms with E-state index in [2.05, 4.69) is 104 Å². The highest BCUT2D eigenvalue weighted by Gasteiger charge is 2.63. The number of hydrogen-bond acceptors (Lipinski definition) is 29. The third-order valence-electron chi connectivity index (χ3n) is 30.2. The number of fused-ring (bicyclic) bond motifs is 4. The Kier molecular flexibility index (Phi) is 36.0. The summed E-state index contributed by atoms with van der Waals surface area (Å²) in [5.74, 6) is -5.95. The molecule has 12 aliphatic heterocycles. The van der Waals surface area contributed by atoms with Gasteiger partial charge in [0.05, 0.1) is 116 Å². The molecule has 0 amide bonds. The van der Waals surface area contributed by atoms with Crippen LogP contribution in [0.1, 0.15) is 192 Å². The lowest BCUT2D eigenvalue weighted by Crippen LogP contribution is -2.58. The van der Waals surface area contributed by atoms with Crippen LogP contribution < -0.4 is 10.6 Å². The summed E-state index contributed by atoms with van der Waals surface area (Å²) >= 11 is 0. The van der Waals surface area contributed by atoms with Crippen LogP contribution in [0.15, 0.2) is 149 Å². The van der Waals surface area contributed by atoms with Gasteiger partial charge in [-0.1, -0.05) is 153 Å². The Morgan fingerprint density at radius 2 is 0.881 bits per heavy atom. The fourth-order valence-corrected chi connectivity index (χ4v) is 22.5. The number of carboxylic acid groups (broad SMARTS) is 1. The van der Waals surface area contributed by atoms with Crippen molar-refractivity contribution < 1.29 is 135 Å². The van der Waals surface area contributed by atoms with Crippen molar-refractivity contribution in [3.05, 3.63) is 154 Å². The molecule has 1 aromatic rings. The largest absolute Gasteiger partial charge is 0.478 e. The molecular formula is C104H154N2O28. The van der Waals surface area contributed by atoms with Crippen LogP contribution in [-0.2, 0) is 104 Å². The van der Waals surface area contributed by atoms with Crippen molar-refractivity contribution in [2.75, 3.05) is 55.7 Å². The lowest BCUT2D eigenvalue weighted by atomic mass is 9.71. The fourth-order valence-electron chi connectivity index (χ4n) is 22.5. The Morgan fingerprint density at radius 1 is 0.493 bits per heavy atom. The van der Waals surface area contributed by atoms with Gasteiger partial charge in [-0.3, -0.25) is 9.59 Å². The Balaban J connectivity index is 0.000000207. The minimum Gasteiger partial charge on any atom is -0.478 e. The molecule has 4 bridgehead atoms. The summed E-state index contributed by atoms with van der Waals surface area (Å²) in [4.78, 5) is 38.9. The van der Waals surface area contributed by atoms with Gasteiger partial charge in [-0.25, -0.2) is 4.79 Å². The molecule has 8 saturated heterocycles. The van der Waals surface area contributed by atoms with Gasteiger partial charge < -0.3 is 131 Å². The van der Waals surface area contributed by atoms with Gasteiger partial charge in [0.15, 0.2) is 36.7 Å². The first-order valence-corrected chi connectivity index (χ1v) is 48.8. The van der Waals surface area contributed by atoms with Crippen LogP contribution in [0.5, 0.6) is 0 Å². The van der Waals surface area contributed by atoms with Crippen molar-refractivity contribution in [3.63, 3.8) is 0 Å². The average molecular weight is 1880 g/mol. The van der Waals surface area contributed by atoms with E-state index in [-0.39, 0.29) is 134 Å². The van der Waals surface area contributed by atoms with Gasteiger partial charge in [0.25, 0.3) is 0 Å². The lowest BCUT2D eigenvalue weighted by Gasteiger charge is -2.48. The zero-order chi connectivity index (χ0) is 96.7. The first-order valence-electron chi connectivity index (χ1n) is 48.8. The molecule has 12 heterocycles. The van der Waals surface area contributed by atoms with Gasteiger partial charge in [-0.05, 0) is 152 Å². The molecule has 7 N–H and O–H groups in total. The van der Waals surface area contributed by atoms with Gasteiger partial charge in [0, 0.05) is 103 Å². The van der Waals surface area contributed by atoms with Crippen molar-refractivity contribution in [2.45, 2.75) is 376 Å². The number of hydrogen-bond donors (Lipinski definition) is 7. The van der Waals surface area contributed by atoms with Crippen molar-refractivity contribution in [1.82, 2.24) is 10.6 Å². The van der Waals surface area contributed by atoms with Crippen molar-refractivity contribution in [3.8, 4) is 0 Å². The number of carboxylic acids is 1. The van der Waals surface area contributed by atoms with Crippen LogP contribution in [0.3, 0.4) is 0 Å². The molecule has 2 aliphatic carbocycles. The summed E-state index contributed by atoms with van der Waals surface area (Å²) in [6.07, 6.45) is 20.5. The second-order valence-electron chi connectivity index (χ2n) is 40.1. The Hall–Kier alpha value is -5.93. The molecular weight excluding hydrogens is 1730 g/mol. The van der Waals surface area contributed by atoms with Crippen LogP contribution in [0, 0.1) is 47.3 Å². The highest BCUT2D eigenvalue weighted by molar-refractivity contribution is 5.87. The van der Waals surface area contributed by atoms with E-state index in [0.717, 1.165) is 17.6 Å². The maximum absolute atomic E-state index is 14.4. The van der Waals surface area contributed by atoms with Crippen molar-refractivity contribution in [1.29, 1.82) is 0 Å². The molecule has 0 unspecified atom stereocenters. The summed E-state index contributed by atoms with van der Waals surface area (Å²) in [7, 11) is 10.6. The molecule has 1 aromatic carbocycles. The number of carbonyl (C=O) groups is 3. The predicted octanol–water partition coefficient (Wildman–Crippen LogP) is 12.2. The van der Waals surface area contributed by atoms with E-state index < -0.39 is 139 Å². The molecule has 0 aromatic heterocycles. The van der Waals surface area contributed by atoms with Gasteiger partial charge in [-0.15, -0.1) is 0 Å². The summed E-state index contributed by atoms with van der Waals surface area (Å²) in [6, 6.07) is 8.38. The molecule has 748 valence electrons. The topological polar surface area (TPSA) is 361 Å². The maximum atomic E-state index is 14.4. The van der Waals surface area contributed by atoms with Crippen LogP contribution in [0.25, 0.3) is 0 Å². The number of aliphatic hydroxyl groups excluding tert-OH is 2.